The molecule has 0 spiro atoms. The summed E-state index contributed by atoms with van der Waals surface area (Å²) in [5.41, 5.74) is 2.57. The van der Waals surface area contributed by atoms with Crippen molar-refractivity contribution in [1.29, 1.82) is 0 Å². The number of benzene rings is 1. The maximum Gasteiger partial charge on any atom is 0.245 e. The number of nitrogens with one attached hydrogen (secondary N) is 1. The molecule has 0 saturated heterocycles. The van der Waals surface area contributed by atoms with E-state index in [1.165, 1.54) is 12.1 Å². The molecule has 1 aromatic carbocycles. The Morgan fingerprint density at radius 2 is 1.96 bits per heavy atom. The fourth-order valence-electron chi connectivity index (χ4n) is 3.28. The molecule has 0 unspecified atom stereocenters. The highest BCUT2D eigenvalue weighted by Gasteiger charge is 2.27. The highest BCUT2D eigenvalue weighted by atomic mass is 19.1. The summed E-state index contributed by atoms with van der Waals surface area (Å²) in [5.74, 6) is 0.206. The molecule has 1 amide bonds. The quantitative estimate of drug-likeness (QED) is 0.725. The third kappa shape index (κ3) is 3.92. The van der Waals surface area contributed by atoms with E-state index < -0.39 is 12.1 Å². The Hall–Kier alpha value is -2.96. The smallest absolute Gasteiger partial charge is 0.245 e. The van der Waals surface area contributed by atoms with Crippen LogP contribution in [0.4, 0.5) is 4.39 Å². The lowest BCUT2D eigenvalue weighted by Crippen LogP contribution is -2.37. The van der Waals surface area contributed by atoms with E-state index in [0.29, 0.717) is 12.2 Å². The van der Waals surface area contributed by atoms with Gasteiger partial charge in [0.25, 0.3) is 0 Å². The first kappa shape index (κ1) is 18.8. The van der Waals surface area contributed by atoms with E-state index in [1.807, 2.05) is 44.6 Å². The van der Waals surface area contributed by atoms with Crippen LogP contribution in [0.1, 0.15) is 48.2 Å². The molecular formula is C20H24FN5O. The average Bonchev–Trinajstić information content (AvgIpc) is 3.19. The summed E-state index contributed by atoms with van der Waals surface area (Å²) in [4.78, 5) is 17.5. The zero-order valence-electron chi connectivity index (χ0n) is 16.0. The number of aromatic nitrogens is 4. The Morgan fingerprint density at radius 1 is 1.26 bits per heavy atom. The first-order chi connectivity index (χ1) is 12.9. The van der Waals surface area contributed by atoms with Gasteiger partial charge in [-0.25, -0.2) is 9.37 Å². The average molecular weight is 369 g/mol. The van der Waals surface area contributed by atoms with Gasteiger partial charge in [0.2, 0.25) is 5.91 Å². The minimum absolute atomic E-state index is 0.152. The van der Waals surface area contributed by atoms with Crippen molar-refractivity contribution in [1.82, 2.24) is 24.6 Å². The molecule has 3 rings (SSSR count). The molecule has 2 atom stereocenters. The molecule has 0 fully saturated rings. The standard InChI is InChI=1S/C20H24FN5O/c1-5-17(26-14(3)12-13(2)24-26)20(27)23-18(19-22-10-11-25(19)4)15-6-8-16(21)9-7-15/h6-12,17-18H,5H2,1-4H3,(H,23,27)/t17-,18+/m1/s1. The van der Waals surface area contributed by atoms with Crippen molar-refractivity contribution in [2.24, 2.45) is 7.05 Å². The first-order valence-electron chi connectivity index (χ1n) is 8.96. The maximum atomic E-state index is 13.4. The van der Waals surface area contributed by atoms with Gasteiger partial charge in [-0.2, -0.15) is 5.10 Å². The minimum atomic E-state index is -0.482. The number of nitrogens with zero attached hydrogens (tertiary/aromatic N) is 4. The van der Waals surface area contributed by atoms with Crippen LogP contribution in [-0.4, -0.2) is 25.2 Å². The molecule has 0 radical (unpaired) electrons. The van der Waals surface area contributed by atoms with Crippen LogP contribution >= 0.6 is 0 Å². The molecule has 3 aromatic rings. The van der Waals surface area contributed by atoms with Gasteiger partial charge in [0.15, 0.2) is 0 Å². The Bertz CT molecular complexity index is 928. The number of hydrogen-bond donors (Lipinski definition) is 1. The van der Waals surface area contributed by atoms with Gasteiger partial charge in [-0.1, -0.05) is 19.1 Å². The molecule has 2 heterocycles. The van der Waals surface area contributed by atoms with Crippen molar-refractivity contribution in [2.45, 2.75) is 39.3 Å². The monoisotopic (exact) mass is 369 g/mol. The third-order valence-electron chi connectivity index (χ3n) is 4.64. The van der Waals surface area contributed by atoms with Gasteiger partial charge in [0.05, 0.1) is 5.69 Å². The van der Waals surface area contributed by atoms with E-state index in [2.05, 4.69) is 15.4 Å². The van der Waals surface area contributed by atoms with Gasteiger partial charge in [0, 0.05) is 25.1 Å². The van der Waals surface area contributed by atoms with E-state index in [9.17, 15) is 9.18 Å². The molecule has 2 aromatic heterocycles. The zero-order valence-corrected chi connectivity index (χ0v) is 16.0. The summed E-state index contributed by atoms with van der Waals surface area (Å²) in [5, 5.41) is 7.54. The zero-order chi connectivity index (χ0) is 19.6. The first-order valence-corrected chi connectivity index (χ1v) is 8.96. The second-order valence-corrected chi connectivity index (χ2v) is 6.69. The predicted molar refractivity (Wildman–Crippen MR) is 101 cm³/mol. The predicted octanol–water partition coefficient (Wildman–Crippen LogP) is 3.23. The van der Waals surface area contributed by atoms with Gasteiger partial charge in [-0.05, 0) is 44.0 Å². The van der Waals surface area contributed by atoms with E-state index in [1.54, 1.807) is 23.0 Å². The van der Waals surface area contributed by atoms with Gasteiger partial charge in [-0.15, -0.1) is 0 Å². The molecule has 0 bridgehead atoms. The highest BCUT2D eigenvalue weighted by Crippen LogP contribution is 2.23. The number of carbonyl (C=O) groups excluding carboxylic acids is 1. The van der Waals surface area contributed by atoms with Crippen molar-refractivity contribution >= 4 is 5.91 Å². The second-order valence-electron chi connectivity index (χ2n) is 6.69. The van der Waals surface area contributed by atoms with Crippen LogP contribution in [0, 0.1) is 19.7 Å². The summed E-state index contributed by atoms with van der Waals surface area (Å²) in [6.45, 7) is 5.80. The van der Waals surface area contributed by atoms with Crippen molar-refractivity contribution < 1.29 is 9.18 Å². The fourth-order valence-corrected chi connectivity index (χ4v) is 3.28. The van der Waals surface area contributed by atoms with Crippen molar-refractivity contribution in [3.05, 3.63) is 71.3 Å². The molecule has 6 nitrogen and oxygen atoms in total. The Morgan fingerprint density at radius 3 is 2.48 bits per heavy atom. The summed E-state index contributed by atoms with van der Waals surface area (Å²) in [7, 11) is 1.86. The number of halogens is 1. The fraction of sp³-hybridized carbons (Fsp3) is 0.350. The molecule has 0 aliphatic carbocycles. The molecular weight excluding hydrogens is 345 g/mol. The lowest BCUT2D eigenvalue weighted by Gasteiger charge is -2.23. The molecule has 0 aliphatic heterocycles. The second kappa shape index (κ2) is 7.73. The molecule has 7 heteroatoms. The number of carbonyl (C=O) groups is 1. The third-order valence-corrected chi connectivity index (χ3v) is 4.64. The lowest BCUT2D eigenvalue weighted by atomic mass is 10.0. The molecule has 1 N–H and O–H groups in total. The van der Waals surface area contributed by atoms with Crippen LogP contribution < -0.4 is 5.32 Å². The van der Waals surface area contributed by atoms with Crippen molar-refractivity contribution in [3.8, 4) is 0 Å². The molecule has 0 aliphatic rings. The van der Waals surface area contributed by atoms with E-state index in [4.69, 9.17) is 0 Å². The lowest BCUT2D eigenvalue weighted by molar-refractivity contribution is -0.125. The van der Waals surface area contributed by atoms with Gasteiger partial charge in [0.1, 0.15) is 23.7 Å². The molecule has 0 saturated carbocycles. The maximum absolute atomic E-state index is 13.4. The van der Waals surface area contributed by atoms with Crippen LogP contribution in [0.15, 0.2) is 42.7 Å². The van der Waals surface area contributed by atoms with Crippen LogP contribution in [0.25, 0.3) is 0 Å². The molecule has 27 heavy (non-hydrogen) atoms. The van der Waals surface area contributed by atoms with Crippen LogP contribution in [0.5, 0.6) is 0 Å². The van der Waals surface area contributed by atoms with Crippen LogP contribution in [0.2, 0.25) is 0 Å². The van der Waals surface area contributed by atoms with Crippen molar-refractivity contribution in [3.63, 3.8) is 0 Å². The van der Waals surface area contributed by atoms with E-state index >= 15 is 0 Å². The van der Waals surface area contributed by atoms with Gasteiger partial charge in [-0.3, -0.25) is 9.48 Å². The number of imidazole rings is 1. The number of amides is 1. The summed E-state index contributed by atoms with van der Waals surface area (Å²) in [6.07, 6.45) is 4.09. The Labute approximate surface area is 158 Å². The number of rotatable bonds is 6. The SMILES string of the molecule is CC[C@H](C(=O)N[C@@H](c1ccc(F)cc1)c1nccn1C)n1nc(C)cc1C. The summed E-state index contributed by atoms with van der Waals surface area (Å²) < 4.78 is 17.0. The number of hydrogen-bond acceptors (Lipinski definition) is 3. The molecule has 142 valence electrons. The Kier molecular flexibility index (Phi) is 5.39. The largest absolute Gasteiger partial charge is 0.340 e. The minimum Gasteiger partial charge on any atom is -0.340 e. The summed E-state index contributed by atoms with van der Waals surface area (Å²) in [6, 6.07) is 7.14. The topological polar surface area (TPSA) is 64.7 Å². The highest BCUT2D eigenvalue weighted by molar-refractivity contribution is 5.81. The normalized spacial score (nSPS) is 13.4. The van der Waals surface area contributed by atoms with Gasteiger partial charge >= 0.3 is 0 Å². The summed E-state index contributed by atoms with van der Waals surface area (Å²) >= 11 is 0. The van der Waals surface area contributed by atoms with Crippen LogP contribution in [0.3, 0.4) is 0 Å². The Balaban J connectivity index is 1.93. The van der Waals surface area contributed by atoms with Crippen LogP contribution in [-0.2, 0) is 11.8 Å². The van der Waals surface area contributed by atoms with Gasteiger partial charge < -0.3 is 9.88 Å². The number of aryl methyl sites for hydroxylation is 3. The van der Waals surface area contributed by atoms with E-state index in [0.717, 1.165) is 17.0 Å². The van der Waals surface area contributed by atoms with Crippen molar-refractivity contribution in [2.75, 3.05) is 0 Å². The van der Waals surface area contributed by atoms with E-state index in [-0.39, 0.29) is 11.7 Å².